The number of carboxylic acid groups (broad SMARTS) is 1. The van der Waals surface area contributed by atoms with Crippen LogP contribution in [0, 0.1) is 17.8 Å². The predicted molar refractivity (Wildman–Crippen MR) is 65.9 cm³/mol. The molecule has 110 valence electrons. The van der Waals surface area contributed by atoms with Crippen LogP contribution >= 0.6 is 0 Å². The Hall–Kier alpha value is -1.20. The first-order valence-corrected chi connectivity index (χ1v) is 6.61. The van der Waals surface area contributed by atoms with Crippen LogP contribution in [0.1, 0.15) is 39.5 Å². The number of aliphatic carboxylic acids is 1. The lowest BCUT2D eigenvalue weighted by atomic mass is 9.85. The van der Waals surface area contributed by atoms with Crippen molar-refractivity contribution in [2.24, 2.45) is 17.8 Å². The lowest BCUT2D eigenvalue weighted by molar-refractivity contribution is -0.143. The lowest BCUT2D eigenvalue weighted by Gasteiger charge is -2.28. The molecule has 6 heteroatoms. The average molecular weight is 277 g/mol. The summed E-state index contributed by atoms with van der Waals surface area (Å²) >= 11 is 0. The molecule has 0 spiro atoms. The Labute approximate surface area is 111 Å². The summed E-state index contributed by atoms with van der Waals surface area (Å²) in [4.78, 5) is 22.8. The van der Waals surface area contributed by atoms with Crippen molar-refractivity contribution in [1.82, 2.24) is 5.32 Å². The van der Waals surface area contributed by atoms with E-state index in [0.29, 0.717) is 12.8 Å². The van der Waals surface area contributed by atoms with Gasteiger partial charge in [-0.1, -0.05) is 13.8 Å². The van der Waals surface area contributed by atoms with Gasteiger partial charge in [0.25, 0.3) is 0 Å². The molecule has 0 aromatic rings. The minimum atomic E-state index is -2.77. The van der Waals surface area contributed by atoms with Gasteiger partial charge in [0.15, 0.2) is 0 Å². The zero-order valence-electron chi connectivity index (χ0n) is 11.3. The maximum Gasteiger partial charge on any atom is 0.308 e. The predicted octanol–water partition coefficient (Wildman–Crippen LogP) is 2.28. The Morgan fingerprint density at radius 2 is 2.05 bits per heavy atom. The van der Waals surface area contributed by atoms with Crippen molar-refractivity contribution < 1.29 is 23.5 Å². The molecule has 0 saturated heterocycles. The van der Waals surface area contributed by atoms with Crippen molar-refractivity contribution in [3.05, 3.63) is 0 Å². The third kappa shape index (κ3) is 4.76. The third-order valence-corrected chi connectivity index (χ3v) is 3.63. The fourth-order valence-corrected chi connectivity index (χ4v) is 2.36. The van der Waals surface area contributed by atoms with E-state index in [1.165, 1.54) is 0 Å². The number of hydrogen-bond donors (Lipinski definition) is 2. The number of carbonyl (C=O) groups excluding carboxylic acids is 1. The highest BCUT2D eigenvalue weighted by molar-refractivity contribution is 5.79. The third-order valence-electron chi connectivity index (χ3n) is 3.63. The van der Waals surface area contributed by atoms with Gasteiger partial charge in [0.2, 0.25) is 11.8 Å². The van der Waals surface area contributed by atoms with Crippen LogP contribution in [0.3, 0.4) is 0 Å². The molecule has 1 aliphatic carbocycles. The van der Waals surface area contributed by atoms with E-state index in [-0.39, 0.29) is 18.9 Å². The van der Waals surface area contributed by atoms with E-state index in [1.807, 2.05) is 0 Å². The molecule has 2 atom stereocenters. The van der Waals surface area contributed by atoms with Crippen LogP contribution in [0.4, 0.5) is 8.78 Å². The van der Waals surface area contributed by atoms with E-state index >= 15 is 0 Å². The van der Waals surface area contributed by atoms with Gasteiger partial charge in [0, 0.05) is 25.3 Å². The van der Waals surface area contributed by atoms with Gasteiger partial charge in [-0.3, -0.25) is 9.59 Å². The second kappa shape index (κ2) is 6.30. The maximum atomic E-state index is 13.2. The van der Waals surface area contributed by atoms with E-state index in [1.54, 1.807) is 13.8 Å². The summed E-state index contributed by atoms with van der Waals surface area (Å²) in [6.45, 7) is 3.49. The van der Waals surface area contributed by atoms with Crippen LogP contribution in [-0.4, -0.2) is 29.5 Å². The molecular weight excluding hydrogens is 256 g/mol. The van der Waals surface area contributed by atoms with Crippen LogP contribution in [-0.2, 0) is 9.59 Å². The van der Waals surface area contributed by atoms with Crippen molar-refractivity contribution in [3.63, 3.8) is 0 Å². The number of rotatable bonds is 5. The first-order valence-electron chi connectivity index (χ1n) is 6.61. The van der Waals surface area contributed by atoms with Gasteiger partial charge in [0.05, 0.1) is 5.92 Å². The normalized spacial score (nSPS) is 23.9. The standard InChI is InChI=1S/C13H21F2NO3/c1-8(2)10(12(18)19)7-16-11(17)9-4-3-5-13(14,15)6-9/h8-10H,3-7H2,1-2H3,(H,16,17)(H,18,19). The van der Waals surface area contributed by atoms with Gasteiger partial charge >= 0.3 is 5.97 Å². The molecule has 4 nitrogen and oxygen atoms in total. The monoisotopic (exact) mass is 277 g/mol. The second-order valence-corrected chi connectivity index (χ2v) is 5.58. The van der Waals surface area contributed by atoms with Crippen molar-refractivity contribution in [1.29, 1.82) is 0 Å². The SMILES string of the molecule is CC(C)C(CNC(=O)C1CCCC(F)(F)C1)C(=O)O. The quantitative estimate of drug-likeness (QED) is 0.810. The highest BCUT2D eigenvalue weighted by atomic mass is 19.3. The van der Waals surface area contributed by atoms with E-state index in [0.717, 1.165) is 0 Å². The molecule has 1 rings (SSSR count). The van der Waals surface area contributed by atoms with Gasteiger partial charge in [-0.05, 0) is 18.8 Å². The lowest BCUT2D eigenvalue weighted by Crippen LogP contribution is -2.41. The smallest absolute Gasteiger partial charge is 0.308 e. The molecular formula is C13H21F2NO3. The molecule has 1 aliphatic rings. The number of hydrogen-bond acceptors (Lipinski definition) is 2. The van der Waals surface area contributed by atoms with Crippen LogP contribution in [0.25, 0.3) is 0 Å². The molecule has 0 heterocycles. The molecule has 2 N–H and O–H groups in total. The van der Waals surface area contributed by atoms with Crippen molar-refractivity contribution in [3.8, 4) is 0 Å². The number of halogens is 2. The molecule has 0 bridgehead atoms. The molecule has 1 fully saturated rings. The van der Waals surface area contributed by atoms with Crippen LogP contribution < -0.4 is 5.32 Å². The average Bonchev–Trinajstić information content (AvgIpc) is 2.26. The van der Waals surface area contributed by atoms with E-state index in [9.17, 15) is 18.4 Å². The fraction of sp³-hybridized carbons (Fsp3) is 0.846. The molecule has 1 amide bonds. The summed E-state index contributed by atoms with van der Waals surface area (Å²) in [5.74, 6) is -5.72. The summed E-state index contributed by atoms with van der Waals surface area (Å²) in [6, 6.07) is 0. The zero-order valence-corrected chi connectivity index (χ0v) is 11.3. The first kappa shape index (κ1) is 15.9. The van der Waals surface area contributed by atoms with Gasteiger partial charge in [0.1, 0.15) is 0 Å². The second-order valence-electron chi connectivity index (χ2n) is 5.58. The van der Waals surface area contributed by atoms with E-state index < -0.39 is 36.1 Å². The molecule has 0 aliphatic heterocycles. The van der Waals surface area contributed by atoms with Crippen molar-refractivity contribution >= 4 is 11.9 Å². The molecule has 0 aromatic carbocycles. The van der Waals surface area contributed by atoms with Crippen LogP contribution in [0.5, 0.6) is 0 Å². The van der Waals surface area contributed by atoms with Gasteiger partial charge in [-0.15, -0.1) is 0 Å². The topological polar surface area (TPSA) is 66.4 Å². The molecule has 0 aromatic heterocycles. The van der Waals surface area contributed by atoms with Gasteiger partial charge in [-0.25, -0.2) is 8.78 Å². The Bertz CT molecular complexity index is 345. The fourth-order valence-electron chi connectivity index (χ4n) is 2.36. The minimum absolute atomic E-state index is 0.00605. The summed E-state index contributed by atoms with van der Waals surface area (Å²) in [7, 11) is 0. The molecule has 2 unspecified atom stereocenters. The van der Waals surface area contributed by atoms with Gasteiger partial charge < -0.3 is 10.4 Å². The van der Waals surface area contributed by atoms with E-state index in [2.05, 4.69) is 5.32 Å². The Kier molecular flexibility index (Phi) is 5.26. The Balaban J connectivity index is 2.48. The number of nitrogens with one attached hydrogen (secondary N) is 1. The Morgan fingerprint density at radius 1 is 1.42 bits per heavy atom. The number of amides is 1. The summed E-state index contributed by atoms with van der Waals surface area (Å²) in [5, 5.41) is 11.5. The summed E-state index contributed by atoms with van der Waals surface area (Å²) in [6.07, 6.45) is 0.178. The number of alkyl halides is 2. The molecule has 1 saturated carbocycles. The van der Waals surface area contributed by atoms with Crippen molar-refractivity contribution in [2.45, 2.75) is 45.5 Å². The Morgan fingerprint density at radius 3 is 2.53 bits per heavy atom. The summed E-state index contributed by atoms with van der Waals surface area (Å²) in [5.41, 5.74) is 0. The summed E-state index contributed by atoms with van der Waals surface area (Å²) < 4.78 is 26.4. The molecule has 0 radical (unpaired) electrons. The highest BCUT2D eigenvalue weighted by Gasteiger charge is 2.39. The largest absolute Gasteiger partial charge is 0.481 e. The van der Waals surface area contributed by atoms with Crippen LogP contribution in [0.2, 0.25) is 0 Å². The maximum absolute atomic E-state index is 13.2. The number of carboxylic acids is 1. The zero-order chi connectivity index (χ0) is 14.6. The number of carbonyl (C=O) groups is 2. The minimum Gasteiger partial charge on any atom is -0.481 e. The highest BCUT2D eigenvalue weighted by Crippen LogP contribution is 2.36. The molecule has 19 heavy (non-hydrogen) atoms. The van der Waals surface area contributed by atoms with E-state index in [4.69, 9.17) is 5.11 Å². The first-order chi connectivity index (χ1) is 8.73. The van der Waals surface area contributed by atoms with Crippen molar-refractivity contribution in [2.75, 3.05) is 6.54 Å². The van der Waals surface area contributed by atoms with Crippen LogP contribution in [0.15, 0.2) is 0 Å². The van der Waals surface area contributed by atoms with Gasteiger partial charge in [-0.2, -0.15) is 0 Å².